The van der Waals surface area contributed by atoms with Gasteiger partial charge in [-0.1, -0.05) is 0 Å². The second-order valence-corrected chi connectivity index (χ2v) is 3.76. The summed E-state index contributed by atoms with van der Waals surface area (Å²) in [6.07, 6.45) is 3.10. The number of halogens is 1. The zero-order chi connectivity index (χ0) is 7.84. The Balaban J connectivity index is 0.000000720. The Bertz CT molecular complexity index is 156. The highest BCUT2D eigenvalue weighted by Gasteiger charge is 2.36. The van der Waals surface area contributed by atoms with Crippen LogP contribution >= 0.6 is 12.4 Å². The van der Waals surface area contributed by atoms with E-state index in [1.165, 1.54) is 6.42 Å². The average molecular weight is 193 g/mol. The van der Waals surface area contributed by atoms with Gasteiger partial charge in [-0.05, 0) is 25.8 Å². The van der Waals surface area contributed by atoms with Gasteiger partial charge in [-0.15, -0.1) is 12.4 Å². The van der Waals surface area contributed by atoms with Crippen LogP contribution in [0.15, 0.2) is 0 Å². The van der Waals surface area contributed by atoms with E-state index >= 15 is 0 Å². The van der Waals surface area contributed by atoms with Gasteiger partial charge in [0.2, 0.25) is 0 Å². The van der Waals surface area contributed by atoms with Gasteiger partial charge in [-0.25, -0.2) is 0 Å². The molecule has 12 heavy (non-hydrogen) atoms. The molecule has 72 valence electrons. The second kappa shape index (κ2) is 3.92. The molecule has 2 heterocycles. The van der Waals surface area contributed by atoms with Crippen molar-refractivity contribution in [3.63, 3.8) is 0 Å². The molecular formula is C8H17ClN2O. The topological polar surface area (TPSA) is 49.5 Å². The number of fused-ring (bicyclic) bond motifs is 1. The lowest BCUT2D eigenvalue weighted by atomic mass is 9.97. The van der Waals surface area contributed by atoms with Gasteiger partial charge in [0.15, 0.2) is 0 Å². The maximum absolute atomic E-state index is 9.38. The fourth-order valence-corrected chi connectivity index (χ4v) is 2.33. The molecule has 0 amide bonds. The molecule has 3 atom stereocenters. The summed E-state index contributed by atoms with van der Waals surface area (Å²) in [6, 6.07) is 0.777. The molecule has 4 heteroatoms. The zero-order valence-corrected chi connectivity index (χ0v) is 7.96. The number of nitrogens with two attached hydrogens (primary N) is 1. The monoisotopic (exact) mass is 192 g/mol. The molecule has 0 aromatic rings. The first-order chi connectivity index (χ1) is 5.27. The maximum Gasteiger partial charge on any atom is 0.0682 e. The van der Waals surface area contributed by atoms with Gasteiger partial charge < -0.3 is 10.8 Å². The molecule has 3 nitrogen and oxygen atoms in total. The smallest absolute Gasteiger partial charge is 0.0682 e. The molecule has 0 bridgehead atoms. The molecule has 2 aliphatic heterocycles. The van der Waals surface area contributed by atoms with Gasteiger partial charge in [0.25, 0.3) is 0 Å². The Morgan fingerprint density at radius 3 is 2.83 bits per heavy atom. The normalized spacial score (nSPS) is 42.0. The minimum absolute atomic E-state index is 0. The number of hydrogen-bond acceptors (Lipinski definition) is 3. The number of aliphatic hydroxyl groups is 1. The SMILES string of the molecule is Cl.NC1CCCN2CC(O)CC12. The third kappa shape index (κ3) is 1.74. The summed E-state index contributed by atoms with van der Waals surface area (Å²) in [5, 5.41) is 9.38. The van der Waals surface area contributed by atoms with Crippen LogP contribution in [0.5, 0.6) is 0 Å². The minimum atomic E-state index is -0.121. The molecule has 0 aliphatic carbocycles. The van der Waals surface area contributed by atoms with E-state index in [2.05, 4.69) is 4.90 Å². The predicted molar refractivity (Wildman–Crippen MR) is 50.4 cm³/mol. The zero-order valence-electron chi connectivity index (χ0n) is 7.15. The summed E-state index contributed by atoms with van der Waals surface area (Å²) >= 11 is 0. The molecule has 0 aromatic carbocycles. The highest BCUT2D eigenvalue weighted by molar-refractivity contribution is 5.85. The van der Waals surface area contributed by atoms with Crippen LogP contribution in [-0.2, 0) is 0 Å². The van der Waals surface area contributed by atoms with E-state index in [0.29, 0.717) is 12.1 Å². The van der Waals surface area contributed by atoms with Crippen LogP contribution in [0, 0.1) is 0 Å². The Morgan fingerprint density at radius 2 is 2.17 bits per heavy atom. The minimum Gasteiger partial charge on any atom is -0.392 e. The van der Waals surface area contributed by atoms with E-state index in [1.807, 2.05) is 0 Å². The van der Waals surface area contributed by atoms with Crippen LogP contribution < -0.4 is 5.73 Å². The van der Waals surface area contributed by atoms with E-state index in [1.54, 1.807) is 0 Å². The summed E-state index contributed by atoms with van der Waals surface area (Å²) in [5.74, 6) is 0. The third-order valence-corrected chi connectivity index (χ3v) is 2.90. The molecule has 3 unspecified atom stereocenters. The lowest BCUT2D eigenvalue weighted by Crippen LogP contribution is -2.48. The number of hydrogen-bond donors (Lipinski definition) is 2. The van der Waals surface area contributed by atoms with Crippen molar-refractivity contribution in [3.05, 3.63) is 0 Å². The van der Waals surface area contributed by atoms with Crippen LogP contribution in [0.2, 0.25) is 0 Å². The highest BCUT2D eigenvalue weighted by atomic mass is 35.5. The lowest BCUT2D eigenvalue weighted by molar-refractivity contribution is 0.158. The van der Waals surface area contributed by atoms with E-state index in [0.717, 1.165) is 25.9 Å². The van der Waals surface area contributed by atoms with Gasteiger partial charge in [-0.3, -0.25) is 4.90 Å². The van der Waals surface area contributed by atoms with E-state index < -0.39 is 0 Å². The number of rotatable bonds is 0. The fraction of sp³-hybridized carbons (Fsp3) is 1.00. The first kappa shape index (κ1) is 10.3. The Kier molecular flexibility index (Phi) is 3.35. The van der Waals surface area contributed by atoms with Gasteiger partial charge in [0, 0.05) is 18.6 Å². The van der Waals surface area contributed by atoms with Crippen LogP contribution in [-0.4, -0.2) is 41.3 Å². The van der Waals surface area contributed by atoms with Crippen molar-refractivity contribution < 1.29 is 5.11 Å². The van der Waals surface area contributed by atoms with Crippen molar-refractivity contribution in [2.24, 2.45) is 5.73 Å². The van der Waals surface area contributed by atoms with Crippen molar-refractivity contribution in [1.29, 1.82) is 0 Å². The quantitative estimate of drug-likeness (QED) is 0.567. The average Bonchev–Trinajstić information content (AvgIpc) is 2.31. The van der Waals surface area contributed by atoms with Crippen molar-refractivity contribution >= 4 is 12.4 Å². The summed E-state index contributed by atoms with van der Waals surface area (Å²) in [5.41, 5.74) is 5.93. The molecule has 2 rings (SSSR count). The molecule has 2 fully saturated rings. The Hall–Kier alpha value is 0.170. The summed E-state index contributed by atoms with van der Waals surface area (Å²) in [6.45, 7) is 1.98. The highest BCUT2D eigenvalue weighted by Crippen LogP contribution is 2.25. The summed E-state index contributed by atoms with van der Waals surface area (Å²) < 4.78 is 0. The van der Waals surface area contributed by atoms with Crippen LogP contribution in [0.25, 0.3) is 0 Å². The predicted octanol–water partition coefficient (Wildman–Crippen LogP) is -0.0355. The molecule has 0 radical (unpaired) electrons. The molecule has 0 spiro atoms. The fourth-order valence-electron chi connectivity index (χ4n) is 2.33. The Morgan fingerprint density at radius 1 is 1.42 bits per heavy atom. The number of piperidine rings is 1. The standard InChI is InChI=1S/C8H16N2O.ClH/c9-7-2-1-3-10-5-6(11)4-8(7)10;/h6-8,11H,1-5,9H2;1H. The van der Waals surface area contributed by atoms with Gasteiger partial charge >= 0.3 is 0 Å². The number of nitrogens with zero attached hydrogens (tertiary/aromatic N) is 1. The van der Waals surface area contributed by atoms with Crippen molar-refractivity contribution in [1.82, 2.24) is 4.90 Å². The van der Waals surface area contributed by atoms with Gasteiger partial charge in [0.05, 0.1) is 6.10 Å². The van der Waals surface area contributed by atoms with Gasteiger partial charge in [-0.2, -0.15) is 0 Å². The molecule has 3 N–H and O–H groups in total. The van der Waals surface area contributed by atoms with Crippen LogP contribution in [0.4, 0.5) is 0 Å². The van der Waals surface area contributed by atoms with Crippen molar-refractivity contribution in [3.8, 4) is 0 Å². The molecule has 0 saturated carbocycles. The number of aliphatic hydroxyl groups excluding tert-OH is 1. The van der Waals surface area contributed by atoms with Crippen molar-refractivity contribution in [2.45, 2.75) is 37.5 Å². The molecule has 2 aliphatic rings. The van der Waals surface area contributed by atoms with E-state index in [-0.39, 0.29) is 18.5 Å². The lowest BCUT2D eigenvalue weighted by Gasteiger charge is -2.33. The van der Waals surface area contributed by atoms with Crippen molar-refractivity contribution in [2.75, 3.05) is 13.1 Å². The second-order valence-electron chi connectivity index (χ2n) is 3.76. The van der Waals surface area contributed by atoms with E-state index in [4.69, 9.17) is 5.73 Å². The molecule has 0 aromatic heterocycles. The first-order valence-electron chi connectivity index (χ1n) is 4.45. The Labute approximate surface area is 79.3 Å². The van der Waals surface area contributed by atoms with E-state index in [9.17, 15) is 5.11 Å². The third-order valence-electron chi connectivity index (χ3n) is 2.90. The molecular weight excluding hydrogens is 176 g/mol. The van der Waals surface area contributed by atoms with Crippen LogP contribution in [0.3, 0.4) is 0 Å². The largest absolute Gasteiger partial charge is 0.392 e. The maximum atomic E-state index is 9.38. The summed E-state index contributed by atoms with van der Waals surface area (Å²) in [4.78, 5) is 2.33. The molecule has 2 saturated heterocycles. The van der Waals surface area contributed by atoms with Gasteiger partial charge in [0.1, 0.15) is 0 Å². The first-order valence-corrected chi connectivity index (χ1v) is 4.45. The summed E-state index contributed by atoms with van der Waals surface area (Å²) in [7, 11) is 0. The van der Waals surface area contributed by atoms with Crippen LogP contribution in [0.1, 0.15) is 19.3 Å².